The molecule has 0 bridgehead atoms. The Labute approximate surface area is 101 Å². The number of aromatic nitrogens is 1. The summed E-state index contributed by atoms with van der Waals surface area (Å²) in [6.45, 7) is 0.489. The van der Waals surface area contributed by atoms with Gasteiger partial charge in [0.1, 0.15) is 5.75 Å². The van der Waals surface area contributed by atoms with Crippen molar-refractivity contribution in [2.75, 3.05) is 7.11 Å². The molecule has 1 aromatic heterocycles. The van der Waals surface area contributed by atoms with Crippen molar-refractivity contribution in [2.24, 2.45) is 10.7 Å². The Kier molecular flexibility index (Phi) is 3.80. The molecule has 0 aromatic carbocycles. The zero-order valence-corrected chi connectivity index (χ0v) is 10.0. The van der Waals surface area contributed by atoms with Gasteiger partial charge in [-0.2, -0.15) is 0 Å². The largest absolute Gasteiger partial charge is 0.496 e. The minimum Gasteiger partial charge on any atom is -0.496 e. The van der Waals surface area contributed by atoms with Gasteiger partial charge in [0.2, 0.25) is 0 Å². The summed E-state index contributed by atoms with van der Waals surface area (Å²) in [6.07, 6.45) is 7.10. The lowest BCUT2D eigenvalue weighted by Crippen LogP contribution is -2.43. The number of nitrogens with one attached hydrogen (secondary N) is 1. The maximum Gasteiger partial charge on any atom is 0.189 e. The Bertz CT molecular complexity index is 401. The smallest absolute Gasteiger partial charge is 0.189 e. The van der Waals surface area contributed by atoms with Crippen molar-refractivity contribution in [2.45, 2.75) is 31.8 Å². The summed E-state index contributed by atoms with van der Waals surface area (Å²) in [5.74, 6) is 1.29. The van der Waals surface area contributed by atoms with Gasteiger partial charge in [0.25, 0.3) is 0 Å². The molecule has 0 unspecified atom stereocenters. The van der Waals surface area contributed by atoms with E-state index >= 15 is 0 Å². The second-order valence-corrected chi connectivity index (χ2v) is 4.16. The van der Waals surface area contributed by atoms with E-state index in [4.69, 9.17) is 10.5 Å². The van der Waals surface area contributed by atoms with Crippen molar-refractivity contribution in [3.8, 4) is 5.75 Å². The summed E-state index contributed by atoms with van der Waals surface area (Å²) < 4.78 is 5.22. The van der Waals surface area contributed by atoms with Crippen LogP contribution in [0.1, 0.15) is 24.8 Å². The van der Waals surface area contributed by atoms with Crippen LogP contribution in [0.3, 0.4) is 0 Å². The van der Waals surface area contributed by atoms with E-state index in [1.54, 1.807) is 19.5 Å². The maximum absolute atomic E-state index is 5.80. The summed E-state index contributed by atoms with van der Waals surface area (Å²) >= 11 is 0. The third-order valence-corrected chi connectivity index (χ3v) is 2.96. The number of nitrogens with zero attached hydrogens (tertiary/aromatic N) is 2. The van der Waals surface area contributed by atoms with Gasteiger partial charge in [-0.25, -0.2) is 4.99 Å². The molecule has 1 heterocycles. The fourth-order valence-electron chi connectivity index (χ4n) is 1.71. The molecule has 1 aliphatic rings. The topological polar surface area (TPSA) is 72.5 Å². The number of nitrogens with two attached hydrogens (primary N) is 1. The highest BCUT2D eigenvalue weighted by Crippen LogP contribution is 2.18. The van der Waals surface area contributed by atoms with E-state index < -0.39 is 0 Å². The number of hydrogen-bond donors (Lipinski definition) is 2. The molecule has 5 nitrogen and oxygen atoms in total. The summed E-state index contributed by atoms with van der Waals surface area (Å²) in [5.41, 5.74) is 6.74. The van der Waals surface area contributed by atoms with E-state index in [1.165, 1.54) is 19.3 Å². The van der Waals surface area contributed by atoms with E-state index in [0.717, 1.165) is 11.3 Å². The zero-order chi connectivity index (χ0) is 12.1. The molecule has 0 spiro atoms. The predicted octanol–water partition coefficient (Wildman–Crippen LogP) is 1.05. The molecule has 1 aromatic rings. The van der Waals surface area contributed by atoms with Crippen molar-refractivity contribution < 1.29 is 4.74 Å². The Balaban J connectivity index is 1.92. The number of guanidine groups is 1. The standard InChI is InChI=1S/C12H18N4O/c1-17-11-5-6-14-7-9(11)8-15-12(13)16-10-3-2-4-10/h5-7,10H,2-4,8H2,1H3,(H3,13,15,16). The molecular weight excluding hydrogens is 216 g/mol. The van der Waals surface area contributed by atoms with Crippen LogP contribution in [0, 0.1) is 0 Å². The predicted molar refractivity (Wildman–Crippen MR) is 66.9 cm³/mol. The molecular formula is C12H18N4O. The van der Waals surface area contributed by atoms with Gasteiger partial charge in [-0.1, -0.05) is 0 Å². The number of pyridine rings is 1. The molecule has 2 rings (SSSR count). The van der Waals surface area contributed by atoms with Gasteiger partial charge in [0.05, 0.1) is 13.7 Å². The minimum atomic E-state index is 0.489. The van der Waals surface area contributed by atoms with Gasteiger partial charge >= 0.3 is 0 Å². The maximum atomic E-state index is 5.80. The molecule has 3 N–H and O–H groups in total. The van der Waals surface area contributed by atoms with Gasteiger partial charge in [-0.3, -0.25) is 4.98 Å². The van der Waals surface area contributed by atoms with E-state index in [9.17, 15) is 0 Å². The summed E-state index contributed by atoms with van der Waals surface area (Å²) in [6, 6.07) is 2.33. The number of rotatable bonds is 4. The highest BCUT2D eigenvalue weighted by Gasteiger charge is 2.17. The molecule has 0 aliphatic heterocycles. The quantitative estimate of drug-likeness (QED) is 0.603. The Morgan fingerprint density at radius 3 is 3.12 bits per heavy atom. The van der Waals surface area contributed by atoms with Crippen LogP contribution in [0.2, 0.25) is 0 Å². The third-order valence-electron chi connectivity index (χ3n) is 2.96. The van der Waals surface area contributed by atoms with Gasteiger partial charge in [-0.05, 0) is 25.3 Å². The van der Waals surface area contributed by atoms with Crippen LogP contribution >= 0.6 is 0 Å². The minimum absolute atomic E-state index is 0.489. The Hall–Kier alpha value is -1.78. The van der Waals surface area contributed by atoms with Crippen LogP contribution in [0.5, 0.6) is 5.75 Å². The molecule has 92 valence electrons. The fraction of sp³-hybridized carbons (Fsp3) is 0.500. The number of aliphatic imine (C=N–C) groups is 1. The average Bonchev–Trinajstić information content (AvgIpc) is 2.31. The average molecular weight is 234 g/mol. The molecule has 0 radical (unpaired) electrons. The Morgan fingerprint density at radius 2 is 2.47 bits per heavy atom. The molecule has 17 heavy (non-hydrogen) atoms. The number of hydrogen-bond acceptors (Lipinski definition) is 3. The van der Waals surface area contributed by atoms with Crippen molar-refractivity contribution in [3.05, 3.63) is 24.0 Å². The van der Waals surface area contributed by atoms with Crippen LogP contribution < -0.4 is 15.8 Å². The molecule has 1 aliphatic carbocycles. The summed E-state index contributed by atoms with van der Waals surface area (Å²) in [5, 5.41) is 3.19. The van der Waals surface area contributed by atoms with Crippen LogP contribution in [0.25, 0.3) is 0 Å². The molecule has 0 saturated heterocycles. The molecule has 1 saturated carbocycles. The van der Waals surface area contributed by atoms with Crippen LogP contribution in [0.15, 0.2) is 23.5 Å². The SMILES string of the molecule is COc1ccncc1CN=C(N)NC1CCC1. The molecule has 1 fully saturated rings. The van der Waals surface area contributed by atoms with Crippen LogP contribution in [0.4, 0.5) is 0 Å². The van der Waals surface area contributed by atoms with Crippen molar-refractivity contribution in [3.63, 3.8) is 0 Å². The third kappa shape index (κ3) is 3.09. The first kappa shape index (κ1) is 11.7. The van der Waals surface area contributed by atoms with E-state index in [0.29, 0.717) is 18.5 Å². The fourth-order valence-corrected chi connectivity index (χ4v) is 1.71. The van der Waals surface area contributed by atoms with E-state index in [-0.39, 0.29) is 0 Å². The van der Waals surface area contributed by atoms with Crippen molar-refractivity contribution in [1.82, 2.24) is 10.3 Å². The second kappa shape index (κ2) is 5.52. The summed E-state index contributed by atoms with van der Waals surface area (Å²) in [4.78, 5) is 8.34. The highest BCUT2D eigenvalue weighted by molar-refractivity contribution is 5.78. The van der Waals surface area contributed by atoms with Gasteiger partial charge < -0.3 is 15.8 Å². The highest BCUT2D eigenvalue weighted by atomic mass is 16.5. The van der Waals surface area contributed by atoms with Crippen LogP contribution in [-0.4, -0.2) is 24.1 Å². The van der Waals surface area contributed by atoms with Gasteiger partial charge in [0, 0.05) is 24.0 Å². The van der Waals surface area contributed by atoms with Crippen LogP contribution in [-0.2, 0) is 6.54 Å². The zero-order valence-electron chi connectivity index (χ0n) is 10.0. The lowest BCUT2D eigenvalue weighted by atomic mass is 9.93. The monoisotopic (exact) mass is 234 g/mol. The first-order chi connectivity index (χ1) is 8.29. The van der Waals surface area contributed by atoms with Gasteiger partial charge in [0.15, 0.2) is 5.96 Å². The van der Waals surface area contributed by atoms with E-state index in [1.807, 2.05) is 6.07 Å². The van der Waals surface area contributed by atoms with E-state index in [2.05, 4.69) is 15.3 Å². The summed E-state index contributed by atoms with van der Waals surface area (Å²) in [7, 11) is 1.64. The normalized spacial score (nSPS) is 16.4. The second-order valence-electron chi connectivity index (χ2n) is 4.16. The first-order valence-electron chi connectivity index (χ1n) is 5.83. The number of ether oxygens (including phenoxy) is 1. The first-order valence-corrected chi connectivity index (χ1v) is 5.83. The Morgan fingerprint density at radius 1 is 1.65 bits per heavy atom. The molecule has 5 heteroatoms. The lowest BCUT2D eigenvalue weighted by molar-refractivity contribution is 0.382. The number of methoxy groups -OCH3 is 1. The molecule has 0 atom stereocenters. The van der Waals surface area contributed by atoms with Crippen molar-refractivity contribution in [1.29, 1.82) is 0 Å². The van der Waals surface area contributed by atoms with Crippen molar-refractivity contribution >= 4 is 5.96 Å². The molecule has 0 amide bonds. The lowest BCUT2D eigenvalue weighted by Gasteiger charge is -2.26. The van der Waals surface area contributed by atoms with Gasteiger partial charge in [-0.15, -0.1) is 0 Å².